The third kappa shape index (κ3) is 3.87. The van der Waals surface area contributed by atoms with E-state index >= 15 is 0 Å². The van der Waals surface area contributed by atoms with E-state index in [0.717, 1.165) is 5.56 Å². The van der Waals surface area contributed by atoms with Gasteiger partial charge in [0, 0.05) is 17.7 Å². The van der Waals surface area contributed by atoms with Crippen molar-refractivity contribution >= 4 is 17.4 Å². The van der Waals surface area contributed by atoms with E-state index in [2.05, 4.69) is 5.16 Å². The first-order chi connectivity index (χ1) is 10.1. The second kappa shape index (κ2) is 6.97. The maximum Gasteiger partial charge on any atom is 0.173 e. The van der Waals surface area contributed by atoms with E-state index in [4.69, 9.17) is 32.4 Å². The molecule has 0 unspecified atom stereocenters. The van der Waals surface area contributed by atoms with Crippen LogP contribution in [0.4, 0.5) is 0 Å². The van der Waals surface area contributed by atoms with Gasteiger partial charge in [-0.25, -0.2) is 0 Å². The van der Waals surface area contributed by atoms with Crippen LogP contribution in [0.1, 0.15) is 11.1 Å². The normalized spacial score (nSPS) is 11.4. The minimum Gasteiger partial charge on any atom is -0.457 e. The first kappa shape index (κ1) is 15.2. The standard InChI is InChI=1S/C15H15ClN2O3/c16-11-3-6-13(15(17)18-20)14(9-11)21-12-4-1-10(2-5-12)7-8-19/h1-6,9,19-20H,7-8H2,(H2,17,18). The van der Waals surface area contributed by atoms with Crippen LogP contribution in [0.5, 0.6) is 11.5 Å². The molecule has 0 aliphatic carbocycles. The lowest BCUT2D eigenvalue weighted by Gasteiger charge is -2.11. The van der Waals surface area contributed by atoms with Crippen molar-refractivity contribution in [3.8, 4) is 11.5 Å². The number of benzene rings is 2. The van der Waals surface area contributed by atoms with Crippen LogP contribution in [-0.2, 0) is 6.42 Å². The maximum atomic E-state index is 8.88. The molecule has 2 aromatic rings. The second-order valence-electron chi connectivity index (χ2n) is 4.35. The summed E-state index contributed by atoms with van der Waals surface area (Å²) in [6.07, 6.45) is 0.590. The SMILES string of the molecule is N/C(=N/O)c1ccc(Cl)cc1Oc1ccc(CCO)cc1. The molecule has 4 N–H and O–H groups in total. The van der Waals surface area contributed by atoms with Gasteiger partial charge in [0.1, 0.15) is 11.5 Å². The summed E-state index contributed by atoms with van der Waals surface area (Å²) in [4.78, 5) is 0. The predicted octanol–water partition coefficient (Wildman–Crippen LogP) is 2.76. The highest BCUT2D eigenvalue weighted by Crippen LogP contribution is 2.28. The number of amidine groups is 1. The highest BCUT2D eigenvalue weighted by Gasteiger charge is 2.10. The second-order valence-corrected chi connectivity index (χ2v) is 4.78. The Hall–Kier alpha value is -2.24. The van der Waals surface area contributed by atoms with Gasteiger partial charge in [-0.15, -0.1) is 0 Å². The fourth-order valence-corrected chi connectivity index (χ4v) is 1.99. The minimum absolute atomic E-state index is 0.0569. The Balaban J connectivity index is 2.28. The molecule has 6 heteroatoms. The highest BCUT2D eigenvalue weighted by atomic mass is 35.5. The molecule has 0 radical (unpaired) electrons. The van der Waals surface area contributed by atoms with E-state index in [1.54, 1.807) is 30.3 Å². The zero-order valence-electron chi connectivity index (χ0n) is 11.2. The third-order valence-corrected chi connectivity index (χ3v) is 3.11. The molecule has 0 amide bonds. The van der Waals surface area contributed by atoms with Crippen molar-refractivity contribution in [3.05, 3.63) is 58.6 Å². The molecule has 0 aliphatic heterocycles. The molecule has 110 valence electrons. The van der Waals surface area contributed by atoms with E-state index in [1.165, 1.54) is 0 Å². The number of aliphatic hydroxyl groups is 1. The number of hydrogen-bond donors (Lipinski definition) is 3. The summed E-state index contributed by atoms with van der Waals surface area (Å²) in [5.74, 6) is 0.928. The van der Waals surface area contributed by atoms with Crippen molar-refractivity contribution in [2.75, 3.05) is 6.61 Å². The van der Waals surface area contributed by atoms with Crippen molar-refractivity contribution in [2.24, 2.45) is 10.9 Å². The van der Waals surface area contributed by atoms with E-state index in [9.17, 15) is 0 Å². The summed E-state index contributed by atoms with van der Waals surface area (Å²) in [6.45, 7) is 0.0993. The number of halogens is 1. The maximum absolute atomic E-state index is 8.88. The largest absolute Gasteiger partial charge is 0.457 e. The summed E-state index contributed by atoms with van der Waals surface area (Å²) in [6, 6.07) is 12.1. The van der Waals surface area contributed by atoms with Crippen molar-refractivity contribution in [2.45, 2.75) is 6.42 Å². The molecule has 2 aromatic carbocycles. The number of ether oxygens (including phenoxy) is 1. The zero-order chi connectivity index (χ0) is 15.2. The Bertz CT molecular complexity index is 642. The molecule has 0 saturated heterocycles. The van der Waals surface area contributed by atoms with Gasteiger partial charge in [-0.3, -0.25) is 0 Å². The van der Waals surface area contributed by atoms with E-state index in [0.29, 0.717) is 28.5 Å². The number of nitrogens with two attached hydrogens (primary N) is 1. The van der Waals surface area contributed by atoms with Gasteiger partial charge in [0.05, 0.1) is 5.56 Å². The highest BCUT2D eigenvalue weighted by molar-refractivity contribution is 6.30. The molecule has 0 heterocycles. The lowest BCUT2D eigenvalue weighted by atomic mass is 10.1. The average molecular weight is 307 g/mol. The first-order valence-corrected chi connectivity index (χ1v) is 6.67. The number of nitrogens with zero attached hydrogens (tertiary/aromatic N) is 1. The molecule has 0 fully saturated rings. The smallest absolute Gasteiger partial charge is 0.173 e. The Morgan fingerprint density at radius 2 is 1.90 bits per heavy atom. The molecule has 0 atom stereocenters. The minimum atomic E-state index is -0.0569. The van der Waals surface area contributed by atoms with Crippen LogP contribution >= 0.6 is 11.6 Å². The predicted molar refractivity (Wildman–Crippen MR) is 81.3 cm³/mol. The monoisotopic (exact) mass is 306 g/mol. The van der Waals surface area contributed by atoms with E-state index in [-0.39, 0.29) is 12.4 Å². The van der Waals surface area contributed by atoms with Gasteiger partial charge in [-0.2, -0.15) is 0 Å². The molecule has 0 spiro atoms. The van der Waals surface area contributed by atoms with Crippen molar-refractivity contribution < 1.29 is 15.1 Å². The molecule has 0 saturated carbocycles. The number of hydrogen-bond acceptors (Lipinski definition) is 4. The topological polar surface area (TPSA) is 88.1 Å². The van der Waals surface area contributed by atoms with Gasteiger partial charge in [-0.05, 0) is 36.2 Å². The molecule has 2 rings (SSSR count). The van der Waals surface area contributed by atoms with Crippen LogP contribution in [0.15, 0.2) is 47.6 Å². The fraction of sp³-hybridized carbons (Fsp3) is 0.133. The Morgan fingerprint density at radius 1 is 1.19 bits per heavy atom. The van der Waals surface area contributed by atoms with E-state index in [1.807, 2.05) is 12.1 Å². The van der Waals surface area contributed by atoms with Gasteiger partial charge in [-0.1, -0.05) is 28.9 Å². The zero-order valence-corrected chi connectivity index (χ0v) is 11.9. The Morgan fingerprint density at radius 3 is 2.52 bits per heavy atom. The summed E-state index contributed by atoms with van der Waals surface area (Å²) in [5, 5.41) is 21.1. The van der Waals surface area contributed by atoms with Gasteiger partial charge in [0.2, 0.25) is 0 Å². The summed E-state index contributed by atoms with van der Waals surface area (Å²) >= 11 is 5.95. The van der Waals surface area contributed by atoms with Crippen molar-refractivity contribution in [1.29, 1.82) is 0 Å². The third-order valence-electron chi connectivity index (χ3n) is 2.88. The molecular weight excluding hydrogens is 292 g/mol. The average Bonchev–Trinajstić information content (AvgIpc) is 2.49. The quantitative estimate of drug-likeness (QED) is 0.343. The van der Waals surface area contributed by atoms with Crippen LogP contribution in [0.2, 0.25) is 5.02 Å². The van der Waals surface area contributed by atoms with Gasteiger partial charge in [0.15, 0.2) is 5.84 Å². The molecule has 5 nitrogen and oxygen atoms in total. The number of aliphatic hydroxyl groups excluding tert-OH is 1. The van der Waals surface area contributed by atoms with Gasteiger partial charge in [0.25, 0.3) is 0 Å². The molecule has 21 heavy (non-hydrogen) atoms. The molecule has 0 bridgehead atoms. The fourth-order valence-electron chi connectivity index (χ4n) is 1.83. The lowest BCUT2D eigenvalue weighted by molar-refractivity contribution is 0.299. The summed E-state index contributed by atoms with van der Waals surface area (Å²) in [5.41, 5.74) is 7.06. The Labute approximate surface area is 127 Å². The van der Waals surface area contributed by atoms with Gasteiger partial charge < -0.3 is 20.8 Å². The van der Waals surface area contributed by atoms with Crippen LogP contribution in [0.25, 0.3) is 0 Å². The molecule has 0 aromatic heterocycles. The Kier molecular flexibility index (Phi) is 5.03. The van der Waals surface area contributed by atoms with Crippen LogP contribution in [0, 0.1) is 0 Å². The summed E-state index contributed by atoms with van der Waals surface area (Å²) in [7, 11) is 0. The van der Waals surface area contributed by atoms with Crippen LogP contribution < -0.4 is 10.5 Å². The summed E-state index contributed by atoms with van der Waals surface area (Å²) < 4.78 is 5.73. The van der Waals surface area contributed by atoms with Crippen LogP contribution in [-0.4, -0.2) is 22.8 Å². The molecule has 0 aliphatic rings. The molecular formula is C15H15ClN2O3. The van der Waals surface area contributed by atoms with E-state index < -0.39 is 0 Å². The lowest BCUT2D eigenvalue weighted by Crippen LogP contribution is -2.14. The van der Waals surface area contributed by atoms with Crippen molar-refractivity contribution in [1.82, 2.24) is 0 Å². The van der Waals surface area contributed by atoms with Gasteiger partial charge >= 0.3 is 0 Å². The number of rotatable bonds is 5. The van der Waals surface area contributed by atoms with Crippen molar-refractivity contribution in [3.63, 3.8) is 0 Å². The number of oxime groups is 1. The first-order valence-electron chi connectivity index (χ1n) is 6.29. The van der Waals surface area contributed by atoms with Crippen LogP contribution in [0.3, 0.4) is 0 Å².